The number of carbonyl (C=O) groups is 1. The van der Waals surface area contributed by atoms with Gasteiger partial charge < -0.3 is 10.6 Å². The molecule has 0 heterocycles. The minimum absolute atomic E-state index is 0. The van der Waals surface area contributed by atoms with Gasteiger partial charge in [-0.2, -0.15) is 13.5 Å². The van der Waals surface area contributed by atoms with Crippen LogP contribution in [0.5, 0.6) is 5.75 Å². The van der Waals surface area contributed by atoms with Crippen molar-refractivity contribution < 1.29 is 45.4 Å². The number of nitrogens with zero attached hydrogens (tertiary/aromatic N) is 3. The molecule has 189 valence electrons. The number of amidine groups is 1. The van der Waals surface area contributed by atoms with Gasteiger partial charge in [-0.15, -0.1) is 10.2 Å². The molecule has 0 saturated carbocycles. The standard InChI is InChI=1S/C23H22N4O5S.Cu.H2O/c1-14-8-9-19(17(11-14)13-28)24-26-23(18-6-4-5-7-21(18)33(30,31)32)27-25-20-12-15(2)10-16(3)22(20)29;;/h4-13,25,29H,1-3H3,(H,30,31,32);;1H2/b26-24?,27-23+;;. The summed E-state index contributed by atoms with van der Waals surface area (Å²) in [7, 11) is -4.60. The Morgan fingerprint density at radius 1 is 1.00 bits per heavy atom. The van der Waals surface area contributed by atoms with E-state index in [9.17, 15) is 22.9 Å². The molecule has 0 aliphatic rings. The second-order valence-electron chi connectivity index (χ2n) is 7.38. The van der Waals surface area contributed by atoms with Crippen LogP contribution in [0.3, 0.4) is 0 Å². The number of rotatable bonds is 6. The van der Waals surface area contributed by atoms with E-state index < -0.39 is 15.0 Å². The van der Waals surface area contributed by atoms with Gasteiger partial charge in [-0.3, -0.25) is 14.8 Å². The van der Waals surface area contributed by atoms with Gasteiger partial charge in [0.15, 0.2) is 6.29 Å². The fourth-order valence-electron chi connectivity index (χ4n) is 3.13. The first-order valence-corrected chi connectivity index (χ1v) is 11.2. The predicted molar refractivity (Wildman–Crippen MR) is 129 cm³/mol. The van der Waals surface area contributed by atoms with Gasteiger partial charge in [0, 0.05) is 28.2 Å². The summed E-state index contributed by atoms with van der Waals surface area (Å²) in [4.78, 5) is 11.0. The summed E-state index contributed by atoms with van der Waals surface area (Å²) in [6, 6.07) is 14.0. The summed E-state index contributed by atoms with van der Waals surface area (Å²) < 4.78 is 33.5. The Bertz CT molecular complexity index is 1390. The van der Waals surface area contributed by atoms with Crippen LogP contribution in [0.2, 0.25) is 0 Å². The normalized spacial score (nSPS) is 11.5. The molecule has 35 heavy (non-hydrogen) atoms. The minimum atomic E-state index is -4.60. The fraction of sp³-hybridized carbons (Fsp3) is 0.130. The number of nitrogens with one attached hydrogen (secondary N) is 1. The van der Waals surface area contributed by atoms with E-state index in [-0.39, 0.29) is 51.1 Å². The minimum Gasteiger partial charge on any atom is -0.505 e. The molecule has 0 aliphatic heterocycles. The van der Waals surface area contributed by atoms with Gasteiger partial charge in [-0.25, -0.2) is 0 Å². The van der Waals surface area contributed by atoms with E-state index in [4.69, 9.17) is 0 Å². The number of azo groups is 1. The van der Waals surface area contributed by atoms with Crippen LogP contribution in [0.15, 0.2) is 74.8 Å². The number of hydrogen-bond donors (Lipinski definition) is 3. The number of hydrogen-bond acceptors (Lipinski definition) is 7. The first kappa shape index (κ1) is 29.6. The maximum atomic E-state index is 11.9. The molecule has 3 aromatic carbocycles. The summed E-state index contributed by atoms with van der Waals surface area (Å²) in [5.74, 6) is -0.232. The van der Waals surface area contributed by atoms with Gasteiger partial charge in [0.1, 0.15) is 10.6 Å². The second kappa shape index (κ2) is 12.3. The van der Waals surface area contributed by atoms with Gasteiger partial charge in [-0.05, 0) is 62.2 Å². The van der Waals surface area contributed by atoms with E-state index in [1.807, 2.05) is 13.8 Å². The number of phenolic OH excluding ortho intramolecular Hbond substituents is 1. The molecule has 10 nitrogen and oxygen atoms in total. The van der Waals surface area contributed by atoms with Crippen molar-refractivity contribution in [1.82, 2.24) is 0 Å². The van der Waals surface area contributed by atoms with Crippen molar-refractivity contribution >= 4 is 33.6 Å². The number of hydrazone groups is 1. The number of carbonyl (C=O) groups excluding carboxylic acids is 1. The van der Waals surface area contributed by atoms with Crippen molar-refractivity contribution in [2.24, 2.45) is 15.3 Å². The molecule has 3 rings (SSSR count). The van der Waals surface area contributed by atoms with Gasteiger partial charge >= 0.3 is 0 Å². The van der Waals surface area contributed by atoms with Crippen LogP contribution in [0, 0.1) is 20.8 Å². The van der Waals surface area contributed by atoms with Gasteiger partial charge in [0.05, 0.1) is 11.4 Å². The molecule has 0 unspecified atom stereocenters. The Balaban J connectivity index is 0.00000306. The number of aromatic hydroxyl groups is 1. The van der Waals surface area contributed by atoms with E-state index in [1.54, 1.807) is 43.3 Å². The Morgan fingerprint density at radius 3 is 2.34 bits per heavy atom. The zero-order valence-electron chi connectivity index (χ0n) is 18.9. The summed E-state index contributed by atoms with van der Waals surface area (Å²) in [5.41, 5.74) is 5.80. The third-order valence-electron chi connectivity index (χ3n) is 4.70. The number of aryl methyl sites for hydroxylation is 3. The summed E-state index contributed by atoms with van der Waals surface area (Å²) in [5, 5.41) is 22.6. The molecule has 0 spiro atoms. The predicted octanol–water partition coefficient (Wildman–Crippen LogP) is 4.11. The third-order valence-corrected chi connectivity index (χ3v) is 5.61. The maximum absolute atomic E-state index is 11.9. The van der Waals surface area contributed by atoms with Crippen molar-refractivity contribution in [1.29, 1.82) is 0 Å². The summed E-state index contributed by atoms with van der Waals surface area (Å²) in [6.45, 7) is 5.39. The molecular formula is C23H24CuN4O6S. The molecule has 0 amide bonds. The maximum Gasteiger partial charge on any atom is 0.295 e. The molecule has 0 atom stereocenters. The monoisotopic (exact) mass is 547 g/mol. The van der Waals surface area contributed by atoms with Crippen LogP contribution in [-0.2, 0) is 27.2 Å². The van der Waals surface area contributed by atoms with Gasteiger partial charge in [0.25, 0.3) is 10.1 Å². The van der Waals surface area contributed by atoms with Crippen LogP contribution in [0.25, 0.3) is 0 Å². The number of benzene rings is 3. The Hall–Kier alpha value is -3.41. The number of aldehydes is 1. The molecule has 3 aromatic rings. The molecule has 5 N–H and O–H groups in total. The Labute approximate surface area is 213 Å². The molecule has 0 aromatic heterocycles. The molecular weight excluding hydrogens is 524 g/mol. The van der Waals surface area contributed by atoms with Crippen molar-refractivity contribution in [3.8, 4) is 5.75 Å². The van der Waals surface area contributed by atoms with E-state index in [0.717, 1.165) is 11.1 Å². The van der Waals surface area contributed by atoms with E-state index in [1.165, 1.54) is 18.2 Å². The number of anilines is 1. The quantitative estimate of drug-likeness (QED) is 0.0612. The van der Waals surface area contributed by atoms with Crippen LogP contribution < -0.4 is 5.43 Å². The molecule has 0 fully saturated rings. The van der Waals surface area contributed by atoms with Gasteiger partial charge in [0.2, 0.25) is 5.84 Å². The van der Waals surface area contributed by atoms with Gasteiger partial charge in [-0.1, -0.05) is 29.8 Å². The van der Waals surface area contributed by atoms with E-state index in [0.29, 0.717) is 17.4 Å². The van der Waals surface area contributed by atoms with Crippen LogP contribution in [0.1, 0.15) is 32.6 Å². The topological polar surface area (TPSA) is 172 Å². The molecule has 0 bridgehead atoms. The van der Waals surface area contributed by atoms with Crippen molar-refractivity contribution in [3.63, 3.8) is 0 Å². The molecule has 0 aliphatic carbocycles. The second-order valence-corrected chi connectivity index (χ2v) is 8.77. The van der Waals surface area contributed by atoms with Crippen LogP contribution in [-0.4, -0.2) is 35.7 Å². The first-order chi connectivity index (χ1) is 15.6. The van der Waals surface area contributed by atoms with Crippen molar-refractivity contribution in [2.45, 2.75) is 25.7 Å². The van der Waals surface area contributed by atoms with Crippen LogP contribution in [0.4, 0.5) is 11.4 Å². The summed E-state index contributed by atoms with van der Waals surface area (Å²) in [6.07, 6.45) is 0.635. The van der Waals surface area contributed by atoms with Crippen LogP contribution >= 0.6 is 0 Å². The fourth-order valence-corrected chi connectivity index (χ4v) is 3.82. The number of phenols is 1. The zero-order valence-corrected chi connectivity index (χ0v) is 20.7. The average Bonchev–Trinajstić information content (AvgIpc) is 2.77. The average molecular weight is 548 g/mol. The smallest absolute Gasteiger partial charge is 0.295 e. The molecule has 1 radical (unpaired) electrons. The Kier molecular flexibility index (Phi) is 10.4. The van der Waals surface area contributed by atoms with Crippen molar-refractivity contribution in [2.75, 3.05) is 5.43 Å². The third kappa shape index (κ3) is 7.28. The summed E-state index contributed by atoms with van der Waals surface area (Å²) >= 11 is 0. The zero-order chi connectivity index (χ0) is 24.2. The first-order valence-electron chi connectivity index (χ1n) is 9.78. The van der Waals surface area contributed by atoms with Crippen molar-refractivity contribution in [3.05, 3.63) is 82.4 Å². The van der Waals surface area contributed by atoms with E-state index >= 15 is 0 Å². The molecule has 0 saturated heterocycles. The Morgan fingerprint density at radius 2 is 1.69 bits per heavy atom. The van der Waals surface area contributed by atoms with E-state index in [2.05, 4.69) is 20.8 Å². The largest absolute Gasteiger partial charge is 0.505 e. The molecule has 12 heteroatoms. The SMILES string of the molecule is Cc1ccc(N=N/C(=N/Nc2cc(C)cc(C)c2O)c2ccccc2S(=O)(=O)O)c(C=O)c1.O.[Cu].